The highest BCUT2D eigenvalue weighted by Crippen LogP contribution is 2.28. The van der Waals surface area contributed by atoms with E-state index in [1.807, 2.05) is 11.6 Å². The molecule has 1 saturated carbocycles. The van der Waals surface area contributed by atoms with E-state index < -0.39 is 5.82 Å². The lowest BCUT2D eigenvalue weighted by Crippen LogP contribution is -2.30. The average Bonchev–Trinajstić information content (AvgIpc) is 3.34. The summed E-state index contributed by atoms with van der Waals surface area (Å²) in [5.74, 6) is -0.626. The Labute approximate surface area is 163 Å². The van der Waals surface area contributed by atoms with Crippen molar-refractivity contribution in [1.82, 2.24) is 20.3 Å². The molecule has 0 radical (unpaired) electrons. The Morgan fingerprint density at radius 1 is 1.25 bits per heavy atom. The van der Waals surface area contributed by atoms with Crippen LogP contribution in [0.4, 0.5) is 10.1 Å². The van der Waals surface area contributed by atoms with Crippen molar-refractivity contribution in [2.75, 3.05) is 18.4 Å². The highest BCUT2D eigenvalue weighted by Gasteiger charge is 2.23. The van der Waals surface area contributed by atoms with Gasteiger partial charge in [-0.3, -0.25) is 4.79 Å². The zero-order chi connectivity index (χ0) is 19.5. The molecule has 7 nitrogen and oxygen atoms in total. The third-order valence-electron chi connectivity index (χ3n) is 5.58. The number of aromatic nitrogens is 3. The molecule has 28 heavy (non-hydrogen) atoms. The van der Waals surface area contributed by atoms with E-state index in [1.54, 1.807) is 12.1 Å². The number of nitrogens with one attached hydrogen (secondary N) is 2. The molecule has 2 heterocycles. The molecule has 0 atom stereocenters. The van der Waals surface area contributed by atoms with Crippen LogP contribution in [0.2, 0.25) is 0 Å². The van der Waals surface area contributed by atoms with E-state index in [9.17, 15) is 9.18 Å². The molecule has 2 aromatic rings. The number of nitrogens with zero attached hydrogens (tertiary/aromatic N) is 3. The molecule has 1 aliphatic carbocycles. The van der Waals surface area contributed by atoms with Gasteiger partial charge in [0.15, 0.2) is 17.3 Å². The summed E-state index contributed by atoms with van der Waals surface area (Å²) in [5.41, 5.74) is 1.37. The number of carbonyl (C=O) groups is 1. The van der Waals surface area contributed by atoms with Crippen molar-refractivity contribution in [1.29, 1.82) is 0 Å². The second-order valence-electron chi connectivity index (χ2n) is 7.57. The number of hydrogen-bond donors (Lipinski definition) is 2. The third kappa shape index (κ3) is 4.01. The first-order valence-electron chi connectivity index (χ1n) is 10.0. The predicted octanol–water partition coefficient (Wildman–Crippen LogP) is 3.22. The van der Waals surface area contributed by atoms with Gasteiger partial charge < -0.3 is 15.4 Å². The molecule has 1 amide bonds. The van der Waals surface area contributed by atoms with Crippen molar-refractivity contribution in [3.05, 3.63) is 35.4 Å². The van der Waals surface area contributed by atoms with Crippen molar-refractivity contribution in [2.24, 2.45) is 0 Å². The van der Waals surface area contributed by atoms with E-state index in [2.05, 4.69) is 20.9 Å². The van der Waals surface area contributed by atoms with Crippen LogP contribution in [-0.4, -0.2) is 40.1 Å². The summed E-state index contributed by atoms with van der Waals surface area (Å²) in [7, 11) is 0. The summed E-state index contributed by atoms with van der Waals surface area (Å²) >= 11 is 0. The minimum atomic E-state index is -0.472. The molecule has 2 aliphatic rings. The Morgan fingerprint density at radius 2 is 2.00 bits per heavy atom. The first-order chi connectivity index (χ1) is 13.6. The molecule has 1 aliphatic heterocycles. The largest absolute Gasteiger partial charge is 0.487 e. The zero-order valence-corrected chi connectivity index (χ0v) is 16.1. The second kappa shape index (κ2) is 8.26. The van der Waals surface area contributed by atoms with Crippen molar-refractivity contribution >= 4 is 11.6 Å². The van der Waals surface area contributed by atoms with E-state index in [0.29, 0.717) is 5.69 Å². The molecular weight excluding hydrogens is 361 g/mol. The number of carbonyl (C=O) groups excluding carboxylic acids is 1. The van der Waals surface area contributed by atoms with Crippen molar-refractivity contribution in [3.63, 3.8) is 0 Å². The normalized spacial score (nSPS) is 18.4. The third-order valence-corrected chi connectivity index (χ3v) is 5.58. The minimum absolute atomic E-state index is 0.0858. The lowest BCUT2D eigenvalue weighted by atomic mass is 10.1. The van der Waals surface area contributed by atoms with Crippen LogP contribution in [0.3, 0.4) is 0 Å². The number of anilines is 1. The summed E-state index contributed by atoms with van der Waals surface area (Å²) in [6, 6.07) is 4.76. The van der Waals surface area contributed by atoms with Gasteiger partial charge >= 0.3 is 0 Å². The number of amides is 1. The molecule has 1 saturated heterocycles. The molecule has 1 aromatic heterocycles. The van der Waals surface area contributed by atoms with Crippen LogP contribution < -0.4 is 15.4 Å². The number of halogens is 1. The summed E-state index contributed by atoms with van der Waals surface area (Å²) in [5, 5.41) is 14.3. The van der Waals surface area contributed by atoms with Crippen LogP contribution in [0.1, 0.15) is 60.7 Å². The van der Waals surface area contributed by atoms with Crippen LogP contribution in [0.5, 0.6) is 5.75 Å². The molecular formula is C20H26FN5O2. The van der Waals surface area contributed by atoms with Crippen molar-refractivity contribution < 1.29 is 13.9 Å². The smallest absolute Gasteiger partial charge is 0.278 e. The maximum absolute atomic E-state index is 14.4. The van der Waals surface area contributed by atoms with Crippen LogP contribution in [0.25, 0.3) is 0 Å². The van der Waals surface area contributed by atoms with Gasteiger partial charge in [-0.25, -0.2) is 9.07 Å². The number of ether oxygens (including phenoxy) is 1. The number of benzene rings is 1. The first-order valence-corrected chi connectivity index (χ1v) is 10.0. The molecule has 2 fully saturated rings. The molecule has 0 spiro atoms. The van der Waals surface area contributed by atoms with Gasteiger partial charge in [-0.2, -0.15) is 0 Å². The first kappa shape index (κ1) is 18.9. The molecule has 8 heteroatoms. The monoisotopic (exact) mass is 387 g/mol. The molecule has 0 unspecified atom stereocenters. The lowest BCUT2D eigenvalue weighted by molar-refractivity contribution is 0.102. The Hall–Kier alpha value is -2.48. The summed E-state index contributed by atoms with van der Waals surface area (Å²) < 4.78 is 21.9. The maximum Gasteiger partial charge on any atom is 0.278 e. The van der Waals surface area contributed by atoms with E-state index in [4.69, 9.17) is 4.74 Å². The Morgan fingerprint density at radius 3 is 2.71 bits per heavy atom. The maximum atomic E-state index is 14.4. The molecule has 4 rings (SSSR count). The highest BCUT2D eigenvalue weighted by atomic mass is 19.1. The molecule has 1 aromatic carbocycles. The van der Waals surface area contributed by atoms with Crippen LogP contribution >= 0.6 is 0 Å². The number of hydrogen-bond acceptors (Lipinski definition) is 5. The minimum Gasteiger partial charge on any atom is -0.487 e. The quantitative estimate of drug-likeness (QED) is 0.823. The fourth-order valence-electron chi connectivity index (χ4n) is 4.00. The zero-order valence-electron chi connectivity index (χ0n) is 16.1. The Bertz CT molecular complexity index is 841. The second-order valence-corrected chi connectivity index (χ2v) is 7.57. The van der Waals surface area contributed by atoms with Gasteiger partial charge in [0, 0.05) is 11.8 Å². The van der Waals surface area contributed by atoms with Gasteiger partial charge in [0.2, 0.25) is 0 Å². The predicted molar refractivity (Wildman–Crippen MR) is 103 cm³/mol. The Balaban J connectivity index is 1.43. The van der Waals surface area contributed by atoms with Gasteiger partial charge in [-0.1, -0.05) is 5.21 Å². The van der Waals surface area contributed by atoms with Gasteiger partial charge in [0.05, 0.1) is 17.8 Å². The van der Waals surface area contributed by atoms with Crippen LogP contribution in [0.15, 0.2) is 18.2 Å². The SMILES string of the molecule is Cc1c(C(=O)Nc2ccc(OC3CCCC3)c(F)c2)nnn1C1CCNCC1. The van der Waals surface area contributed by atoms with Gasteiger partial charge in [-0.05, 0) is 70.7 Å². The van der Waals surface area contributed by atoms with Crippen LogP contribution in [0, 0.1) is 12.7 Å². The highest BCUT2D eigenvalue weighted by molar-refractivity contribution is 6.03. The standard InChI is InChI=1S/C20H26FN5O2/c1-13-19(24-25-26(13)15-8-10-22-11-9-15)20(27)23-14-6-7-18(17(21)12-14)28-16-4-2-3-5-16/h6-7,12,15-16,22H,2-5,8-11H2,1H3,(H,23,27). The summed E-state index contributed by atoms with van der Waals surface area (Å²) in [4.78, 5) is 12.6. The van der Waals surface area contributed by atoms with Crippen molar-refractivity contribution in [2.45, 2.75) is 57.6 Å². The van der Waals surface area contributed by atoms with E-state index in [0.717, 1.165) is 57.3 Å². The fraction of sp³-hybridized carbons (Fsp3) is 0.550. The van der Waals surface area contributed by atoms with Crippen LogP contribution in [-0.2, 0) is 0 Å². The molecule has 2 N–H and O–H groups in total. The summed E-state index contributed by atoms with van der Waals surface area (Å²) in [6.45, 7) is 3.70. The van der Waals surface area contributed by atoms with Gasteiger partial charge in [0.25, 0.3) is 5.91 Å². The molecule has 150 valence electrons. The molecule has 0 bridgehead atoms. The summed E-state index contributed by atoms with van der Waals surface area (Å²) in [6.07, 6.45) is 6.17. The van der Waals surface area contributed by atoms with Crippen molar-refractivity contribution in [3.8, 4) is 5.75 Å². The lowest BCUT2D eigenvalue weighted by Gasteiger charge is -2.23. The Kier molecular flexibility index (Phi) is 5.57. The number of piperidine rings is 1. The topological polar surface area (TPSA) is 81.1 Å². The van der Waals surface area contributed by atoms with E-state index >= 15 is 0 Å². The van der Waals surface area contributed by atoms with Gasteiger partial charge in [-0.15, -0.1) is 5.10 Å². The fourth-order valence-corrected chi connectivity index (χ4v) is 4.00. The van der Waals surface area contributed by atoms with E-state index in [-0.39, 0.29) is 29.5 Å². The van der Waals surface area contributed by atoms with Gasteiger partial charge in [0.1, 0.15) is 0 Å². The van der Waals surface area contributed by atoms with E-state index in [1.165, 1.54) is 6.07 Å². The average molecular weight is 387 g/mol. The number of rotatable bonds is 5.